The van der Waals surface area contributed by atoms with Gasteiger partial charge < -0.3 is 10.6 Å². The Morgan fingerprint density at radius 1 is 1.21 bits per heavy atom. The maximum absolute atomic E-state index is 11.0. The number of aromatic nitrogens is 2. The van der Waals surface area contributed by atoms with Gasteiger partial charge in [-0.1, -0.05) is 13.3 Å². The standard InChI is InChI=1S/C13H24N4OS/c1-4-7-11-12(14-5-2)16-10-17-13(11)15-8-6-9-19(3)18/h10H,4-9H2,1-3H3,(H2,14,15,16,17). The fourth-order valence-electron chi connectivity index (χ4n) is 1.85. The summed E-state index contributed by atoms with van der Waals surface area (Å²) >= 11 is 0. The molecular weight excluding hydrogens is 260 g/mol. The van der Waals surface area contributed by atoms with Crippen molar-refractivity contribution in [1.82, 2.24) is 9.97 Å². The van der Waals surface area contributed by atoms with E-state index in [4.69, 9.17) is 0 Å². The molecule has 0 bridgehead atoms. The van der Waals surface area contributed by atoms with Crippen LogP contribution in [0, 0.1) is 0 Å². The van der Waals surface area contributed by atoms with Gasteiger partial charge in [0, 0.05) is 41.5 Å². The second-order valence-electron chi connectivity index (χ2n) is 4.39. The summed E-state index contributed by atoms with van der Waals surface area (Å²) in [6, 6.07) is 0. The lowest BCUT2D eigenvalue weighted by molar-refractivity contribution is 0.685. The third-order valence-electron chi connectivity index (χ3n) is 2.69. The van der Waals surface area contributed by atoms with Crippen molar-refractivity contribution in [3.63, 3.8) is 0 Å². The van der Waals surface area contributed by atoms with Gasteiger partial charge in [0.05, 0.1) is 0 Å². The largest absolute Gasteiger partial charge is 0.370 e. The van der Waals surface area contributed by atoms with Gasteiger partial charge in [0.25, 0.3) is 0 Å². The summed E-state index contributed by atoms with van der Waals surface area (Å²) in [4.78, 5) is 8.61. The molecule has 1 unspecified atom stereocenters. The monoisotopic (exact) mass is 284 g/mol. The fraction of sp³-hybridized carbons (Fsp3) is 0.692. The van der Waals surface area contributed by atoms with Crippen LogP contribution >= 0.6 is 0 Å². The topological polar surface area (TPSA) is 66.9 Å². The second kappa shape index (κ2) is 8.85. The molecule has 0 amide bonds. The molecule has 1 aromatic heterocycles. The minimum atomic E-state index is -0.725. The van der Waals surface area contributed by atoms with Gasteiger partial charge in [-0.2, -0.15) is 0 Å². The van der Waals surface area contributed by atoms with Crippen LogP contribution in [0.2, 0.25) is 0 Å². The van der Waals surface area contributed by atoms with Crippen LogP contribution < -0.4 is 10.6 Å². The van der Waals surface area contributed by atoms with E-state index in [2.05, 4.69) is 34.4 Å². The Labute approximate surface area is 118 Å². The lowest BCUT2D eigenvalue weighted by atomic mass is 10.1. The van der Waals surface area contributed by atoms with Gasteiger partial charge in [-0.3, -0.25) is 4.21 Å². The van der Waals surface area contributed by atoms with Crippen LogP contribution in [0.4, 0.5) is 11.6 Å². The molecule has 0 aliphatic heterocycles. The molecule has 108 valence electrons. The zero-order chi connectivity index (χ0) is 14.1. The van der Waals surface area contributed by atoms with Crippen LogP contribution in [0.25, 0.3) is 0 Å². The van der Waals surface area contributed by atoms with Crippen LogP contribution in [0.1, 0.15) is 32.3 Å². The molecule has 0 aliphatic carbocycles. The normalized spacial score (nSPS) is 12.2. The van der Waals surface area contributed by atoms with Gasteiger partial charge in [0.1, 0.15) is 18.0 Å². The highest BCUT2D eigenvalue weighted by Crippen LogP contribution is 2.21. The van der Waals surface area contributed by atoms with Crippen molar-refractivity contribution < 1.29 is 4.21 Å². The molecular formula is C13H24N4OS. The van der Waals surface area contributed by atoms with Crippen molar-refractivity contribution in [3.05, 3.63) is 11.9 Å². The van der Waals surface area contributed by atoms with Crippen LogP contribution in [-0.2, 0) is 17.2 Å². The minimum absolute atomic E-state index is 0.723. The van der Waals surface area contributed by atoms with Gasteiger partial charge in [-0.15, -0.1) is 0 Å². The Hall–Kier alpha value is -1.17. The van der Waals surface area contributed by atoms with E-state index < -0.39 is 10.8 Å². The molecule has 0 aliphatic rings. The summed E-state index contributed by atoms with van der Waals surface area (Å²) < 4.78 is 11.0. The average Bonchev–Trinajstić information content (AvgIpc) is 2.38. The Kier molecular flexibility index (Phi) is 7.40. The molecule has 19 heavy (non-hydrogen) atoms. The maximum atomic E-state index is 11.0. The Bertz CT molecular complexity index is 412. The third kappa shape index (κ3) is 5.55. The van der Waals surface area contributed by atoms with Crippen LogP contribution in [-0.4, -0.2) is 39.3 Å². The Balaban J connectivity index is 2.69. The molecule has 1 rings (SSSR count). The second-order valence-corrected chi connectivity index (χ2v) is 5.94. The highest BCUT2D eigenvalue weighted by atomic mass is 32.2. The number of anilines is 2. The first-order valence-electron chi connectivity index (χ1n) is 6.80. The van der Waals surface area contributed by atoms with E-state index in [0.29, 0.717) is 0 Å². The number of hydrogen-bond acceptors (Lipinski definition) is 5. The number of nitrogens with one attached hydrogen (secondary N) is 2. The van der Waals surface area contributed by atoms with Crippen molar-refractivity contribution >= 4 is 22.4 Å². The molecule has 0 saturated carbocycles. The van der Waals surface area contributed by atoms with Gasteiger partial charge >= 0.3 is 0 Å². The molecule has 1 aromatic rings. The van der Waals surface area contributed by atoms with E-state index in [-0.39, 0.29) is 0 Å². The summed E-state index contributed by atoms with van der Waals surface area (Å²) in [5.41, 5.74) is 1.14. The van der Waals surface area contributed by atoms with Crippen molar-refractivity contribution in [3.8, 4) is 0 Å². The molecule has 1 atom stereocenters. The first-order valence-corrected chi connectivity index (χ1v) is 8.53. The quantitative estimate of drug-likeness (QED) is 0.679. The van der Waals surface area contributed by atoms with E-state index in [9.17, 15) is 4.21 Å². The predicted molar refractivity (Wildman–Crippen MR) is 82.2 cm³/mol. The number of nitrogens with zero attached hydrogens (tertiary/aromatic N) is 2. The zero-order valence-electron chi connectivity index (χ0n) is 12.0. The SMILES string of the molecule is CCCc1c(NCC)ncnc1NCCCS(C)=O. The van der Waals surface area contributed by atoms with Crippen LogP contribution in [0.15, 0.2) is 6.33 Å². The van der Waals surface area contributed by atoms with Crippen LogP contribution in [0.5, 0.6) is 0 Å². The molecule has 0 radical (unpaired) electrons. The van der Waals surface area contributed by atoms with E-state index in [1.807, 2.05) is 0 Å². The number of hydrogen-bond donors (Lipinski definition) is 2. The highest BCUT2D eigenvalue weighted by molar-refractivity contribution is 7.84. The minimum Gasteiger partial charge on any atom is -0.370 e. The molecule has 1 heterocycles. The third-order valence-corrected chi connectivity index (χ3v) is 3.55. The molecule has 2 N–H and O–H groups in total. The van der Waals surface area contributed by atoms with E-state index >= 15 is 0 Å². The smallest absolute Gasteiger partial charge is 0.134 e. The van der Waals surface area contributed by atoms with Crippen molar-refractivity contribution in [2.24, 2.45) is 0 Å². The van der Waals surface area contributed by atoms with Crippen molar-refractivity contribution in [2.45, 2.75) is 33.1 Å². The Morgan fingerprint density at radius 2 is 1.89 bits per heavy atom. The van der Waals surface area contributed by atoms with Gasteiger partial charge in [0.2, 0.25) is 0 Å². The van der Waals surface area contributed by atoms with E-state index in [1.54, 1.807) is 12.6 Å². The van der Waals surface area contributed by atoms with Crippen molar-refractivity contribution in [2.75, 3.05) is 35.7 Å². The molecule has 5 nitrogen and oxygen atoms in total. The summed E-state index contributed by atoms with van der Waals surface area (Å²) in [5.74, 6) is 2.54. The Morgan fingerprint density at radius 3 is 2.47 bits per heavy atom. The summed E-state index contributed by atoms with van der Waals surface area (Å²) in [7, 11) is -0.725. The number of rotatable bonds is 9. The average molecular weight is 284 g/mol. The highest BCUT2D eigenvalue weighted by Gasteiger charge is 2.09. The summed E-state index contributed by atoms with van der Waals surface area (Å²) in [5, 5.41) is 6.60. The van der Waals surface area contributed by atoms with Gasteiger partial charge in [0.15, 0.2) is 0 Å². The summed E-state index contributed by atoms with van der Waals surface area (Å²) in [6.07, 6.45) is 6.20. The van der Waals surface area contributed by atoms with Crippen LogP contribution in [0.3, 0.4) is 0 Å². The molecule has 0 fully saturated rings. The molecule has 0 saturated heterocycles. The van der Waals surface area contributed by atoms with E-state index in [0.717, 1.165) is 55.3 Å². The van der Waals surface area contributed by atoms with Crippen molar-refractivity contribution in [1.29, 1.82) is 0 Å². The van der Waals surface area contributed by atoms with E-state index in [1.165, 1.54) is 0 Å². The molecule has 0 aromatic carbocycles. The lowest BCUT2D eigenvalue weighted by Gasteiger charge is -2.14. The predicted octanol–water partition coefficient (Wildman–Crippen LogP) is 2.04. The first kappa shape index (κ1) is 15.9. The zero-order valence-corrected chi connectivity index (χ0v) is 12.8. The van der Waals surface area contributed by atoms with Gasteiger partial charge in [-0.05, 0) is 19.8 Å². The molecule has 6 heteroatoms. The summed E-state index contributed by atoms with van der Waals surface area (Å²) in [6.45, 7) is 5.84. The first-order chi connectivity index (χ1) is 9.19. The van der Waals surface area contributed by atoms with Gasteiger partial charge in [-0.25, -0.2) is 9.97 Å². The molecule has 0 spiro atoms. The maximum Gasteiger partial charge on any atom is 0.134 e. The lowest BCUT2D eigenvalue weighted by Crippen LogP contribution is -2.12. The fourth-order valence-corrected chi connectivity index (χ4v) is 2.40.